The first kappa shape index (κ1) is 24.2. The Bertz CT molecular complexity index is 1490. The number of nitrogens with zero attached hydrogens (tertiary/aromatic N) is 3. The predicted octanol–water partition coefficient (Wildman–Crippen LogP) is 3.52. The van der Waals surface area contributed by atoms with Gasteiger partial charge in [0.2, 0.25) is 17.1 Å². The third-order valence-electron chi connectivity index (χ3n) is 5.80. The fourth-order valence-electron chi connectivity index (χ4n) is 3.63. The molecule has 1 aliphatic carbocycles. The number of carbonyl (C=O) groups excluding carboxylic acids is 1. The van der Waals surface area contributed by atoms with Gasteiger partial charge in [0.05, 0.1) is 23.1 Å². The number of aromatic nitrogens is 2. The topological polar surface area (TPSA) is 127 Å². The monoisotopic (exact) mass is 532 g/mol. The smallest absolute Gasteiger partial charge is 0.259 e. The van der Waals surface area contributed by atoms with Crippen molar-refractivity contribution in [2.45, 2.75) is 32.7 Å². The van der Waals surface area contributed by atoms with Crippen molar-refractivity contribution in [2.75, 3.05) is 9.73 Å². The van der Waals surface area contributed by atoms with Gasteiger partial charge >= 0.3 is 0 Å². The highest BCUT2D eigenvalue weighted by atomic mass is 35.5. The second-order valence-electron chi connectivity index (χ2n) is 8.62. The third kappa shape index (κ3) is 4.66. The summed E-state index contributed by atoms with van der Waals surface area (Å²) >= 11 is 5.02. The van der Waals surface area contributed by atoms with Gasteiger partial charge in [-0.2, -0.15) is 4.41 Å². The predicted molar refractivity (Wildman–Crippen MR) is 134 cm³/mol. The molecule has 1 amide bonds. The standard InChI is InChI=1S/C23H22ClFN6O4S/c1-11-4-7-17(16(25)8-11)28-20-18(21(32)27-13-5-6-13)19(12(2)23(33)30(20)3)35-22-15(24)9-14(10-26-22)31-29-36(31)34/h4,7-10,13,28-29H,5-6H2,1-3H3,(H,27,32). The van der Waals surface area contributed by atoms with Gasteiger partial charge in [-0.3, -0.25) is 14.2 Å². The maximum atomic E-state index is 14.7. The number of anilines is 3. The van der Waals surface area contributed by atoms with Crippen molar-refractivity contribution in [3.8, 4) is 11.6 Å². The summed E-state index contributed by atoms with van der Waals surface area (Å²) in [6.07, 6.45) is 3.06. The fraction of sp³-hybridized carbons (Fsp3) is 0.261. The molecule has 10 nitrogen and oxygen atoms in total. The first-order valence-corrected chi connectivity index (χ1v) is 12.5. The lowest BCUT2D eigenvalue weighted by atomic mass is 10.1. The van der Waals surface area contributed by atoms with Gasteiger partial charge in [0.15, 0.2) is 5.75 Å². The van der Waals surface area contributed by atoms with E-state index < -0.39 is 28.5 Å². The van der Waals surface area contributed by atoms with Crippen LogP contribution < -0.4 is 30.2 Å². The van der Waals surface area contributed by atoms with E-state index in [2.05, 4.69) is 20.4 Å². The molecule has 188 valence electrons. The summed E-state index contributed by atoms with van der Waals surface area (Å²) in [5, 5.41) is 5.88. The largest absolute Gasteiger partial charge is 0.436 e. The van der Waals surface area contributed by atoms with E-state index in [0.717, 1.165) is 18.4 Å². The second kappa shape index (κ2) is 9.19. The highest BCUT2D eigenvalue weighted by Gasteiger charge is 2.33. The lowest BCUT2D eigenvalue weighted by Gasteiger charge is -2.21. The summed E-state index contributed by atoms with van der Waals surface area (Å²) in [5.41, 5.74) is 0.957. The van der Waals surface area contributed by atoms with E-state index in [-0.39, 0.29) is 45.3 Å². The Morgan fingerprint density at radius 3 is 2.64 bits per heavy atom. The molecule has 1 atom stereocenters. The number of ether oxygens (including phenoxy) is 1. The highest BCUT2D eigenvalue weighted by Crippen LogP contribution is 2.37. The fourth-order valence-corrected chi connectivity index (χ4v) is 4.43. The van der Waals surface area contributed by atoms with E-state index in [1.54, 1.807) is 13.0 Å². The van der Waals surface area contributed by atoms with Crippen molar-refractivity contribution >= 4 is 45.9 Å². The van der Waals surface area contributed by atoms with Gasteiger partial charge in [-0.05, 0) is 50.5 Å². The molecule has 1 saturated heterocycles. The summed E-state index contributed by atoms with van der Waals surface area (Å²) < 4.78 is 34.7. The van der Waals surface area contributed by atoms with Crippen molar-refractivity contribution in [1.29, 1.82) is 0 Å². The van der Waals surface area contributed by atoms with Crippen molar-refractivity contribution in [2.24, 2.45) is 7.05 Å². The lowest BCUT2D eigenvalue weighted by molar-refractivity contribution is 0.0948. The van der Waals surface area contributed by atoms with Crippen molar-refractivity contribution in [1.82, 2.24) is 19.7 Å². The maximum Gasteiger partial charge on any atom is 0.259 e. The molecule has 36 heavy (non-hydrogen) atoms. The van der Waals surface area contributed by atoms with Crippen molar-refractivity contribution in [3.05, 3.63) is 68.3 Å². The van der Waals surface area contributed by atoms with E-state index in [1.165, 1.54) is 47.3 Å². The van der Waals surface area contributed by atoms with Crippen LogP contribution in [0.3, 0.4) is 0 Å². The van der Waals surface area contributed by atoms with E-state index in [4.69, 9.17) is 16.3 Å². The van der Waals surface area contributed by atoms with E-state index >= 15 is 0 Å². The zero-order valence-corrected chi connectivity index (χ0v) is 21.1. The van der Waals surface area contributed by atoms with Crippen molar-refractivity contribution < 1.29 is 18.1 Å². The van der Waals surface area contributed by atoms with Gasteiger partial charge in [-0.1, -0.05) is 17.7 Å². The Hall–Kier alpha value is -3.48. The van der Waals surface area contributed by atoms with Crippen molar-refractivity contribution in [3.63, 3.8) is 0 Å². The number of halogens is 2. The number of carbonyl (C=O) groups is 1. The van der Waals surface area contributed by atoms with Crippen LogP contribution in [0.4, 0.5) is 21.6 Å². The van der Waals surface area contributed by atoms with E-state index in [1.807, 2.05) is 0 Å². The molecule has 1 unspecified atom stereocenters. The van der Waals surface area contributed by atoms with Crippen LogP contribution in [0.15, 0.2) is 35.3 Å². The van der Waals surface area contributed by atoms with Crippen LogP contribution in [0.2, 0.25) is 5.02 Å². The molecular formula is C23H22ClFN6O4S. The van der Waals surface area contributed by atoms with E-state index in [0.29, 0.717) is 5.69 Å². The van der Waals surface area contributed by atoms with Gasteiger partial charge in [-0.15, -0.1) is 4.83 Å². The molecule has 0 radical (unpaired) electrons. The number of rotatable bonds is 7. The molecule has 1 aromatic carbocycles. The number of benzene rings is 1. The number of pyridine rings is 2. The number of nitrogens with one attached hydrogen (secondary N) is 3. The second-order valence-corrected chi connectivity index (χ2v) is 10.1. The molecule has 0 bridgehead atoms. The normalized spacial score (nSPS) is 16.6. The minimum atomic E-state index is -1.34. The van der Waals surface area contributed by atoms with E-state index in [9.17, 15) is 18.2 Å². The number of hydrogen-bond donors (Lipinski definition) is 3. The Kier molecular flexibility index (Phi) is 6.18. The molecule has 2 aliphatic rings. The molecule has 2 fully saturated rings. The Balaban J connectivity index is 1.62. The van der Waals surface area contributed by atoms with Gasteiger partial charge in [0.25, 0.3) is 11.5 Å². The van der Waals surface area contributed by atoms with Gasteiger partial charge in [-0.25, -0.2) is 13.6 Å². The first-order chi connectivity index (χ1) is 17.1. The zero-order chi connectivity index (χ0) is 25.7. The van der Waals surface area contributed by atoms with Crippen LogP contribution in [0.1, 0.15) is 34.3 Å². The molecule has 1 saturated carbocycles. The highest BCUT2D eigenvalue weighted by molar-refractivity contribution is 7.91. The molecule has 3 N–H and O–H groups in total. The molecule has 13 heteroatoms. The minimum Gasteiger partial charge on any atom is -0.436 e. The Morgan fingerprint density at radius 1 is 1.31 bits per heavy atom. The van der Waals surface area contributed by atoms with Crippen LogP contribution in [-0.4, -0.2) is 25.7 Å². The van der Waals surface area contributed by atoms with Crippen LogP contribution in [-0.2, 0) is 18.2 Å². The summed E-state index contributed by atoms with van der Waals surface area (Å²) in [5.74, 6) is -1.09. The van der Waals surface area contributed by atoms with Gasteiger partial charge in [0, 0.05) is 13.1 Å². The first-order valence-electron chi connectivity index (χ1n) is 11.0. The summed E-state index contributed by atoms with van der Waals surface area (Å²) in [6.45, 7) is 3.28. The Labute approximate surface area is 213 Å². The minimum absolute atomic E-state index is 0.00816. The molecule has 1 aliphatic heterocycles. The van der Waals surface area contributed by atoms with Crippen LogP contribution in [0.5, 0.6) is 11.6 Å². The zero-order valence-electron chi connectivity index (χ0n) is 19.5. The molecule has 2 aromatic heterocycles. The quantitative estimate of drug-likeness (QED) is 0.400. The number of hydrogen-bond acceptors (Lipinski definition) is 6. The van der Waals surface area contributed by atoms with Crippen LogP contribution >= 0.6 is 11.6 Å². The molecular weight excluding hydrogens is 511 g/mol. The maximum absolute atomic E-state index is 14.7. The average molecular weight is 533 g/mol. The van der Waals surface area contributed by atoms with Gasteiger partial charge < -0.3 is 15.4 Å². The number of amides is 1. The summed E-state index contributed by atoms with van der Waals surface area (Å²) in [4.78, 5) is 33.3. The lowest BCUT2D eigenvalue weighted by Crippen LogP contribution is -2.31. The molecule has 3 aromatic rings. The Morgan fingerprint density at radius 2 is 2.03 bits per heavy atom. The van der Waals surface area contributed by atoms with Gasteiger partial charge in [0.1, 0.15) is 22.2 Å². The molecule has 3 heterocycles. The number of aryl methyl sites for hydroxylation is 1. The number of hydrazine groups is 1. The molecule has 5 rings (SSSR count). The van der Waals surface area contributed by atoms with Crippen LogP contribution in [0, 0.1) is 19.7 Å². The van der Waals surface area contributed by atoms with Crippen LogP contribution in [0.25, 0.3) is 0 Å². The third-order valence-corrected chi connectivity index (χ3v) is 6.87. The molecule has 0 spiro atoms. The summed E-state index contributed by atoms with van der Waals surface area (Å²) in [7, 11) is 1.48. The summed E-state index contributed by atoms with van der Waals surface area (Å²) in [6, 6.07) is 6.08. The SMILES string of the molecule is Cc1ccc(Nc2c(C(=O)NC3CC3)c(Oc3ncc(N4NS4=O)cc3Cl)c(C)c(=O)n2C)c(F)c1. The average Bonchev–Trinajstić information content (AvgIpc) is 3.76.